The van der Waals surface area contributed by atoms with Gasteiger partial charge in [0.25, 0.3) is 0 Å². The molecule has 1 saturated heterocycles. The van der Waals surface area contributed by atoms with E-state index >= 15 is 0 Å². The Morgan fingerprint density at radius 1 is 1.44 bits per heavy atom. The monoisotopic (exact) mass is 270 g/mol. The van der Waals surface area contributed by atoms with Crippen LogP contribution in [0.3, 0.4) is 0 Å². The van der Waals surface area contributed by atoms with Crippen LogP contribution in [-0.2, 0) is 10.0 Å². The third-order valence-corrected chi connectivity index (χ3v) is 4.93. The number of hydrogen-bond donors (Lipinski definition) is 2. The zero-order chi connectivity index (χ0) is 12.8. The molecule has 5 nitrogen and oxygen atoms in total. The van der Waals surface area contributed by atoms with Gasteiger partial charge in [-0.1, -0.05) is 0 Å². The predicted octanol–water partition coefficient (Wildman–Crippen LogP) is 1.12. The van der Waals surface area contributed by atoms with Crippen LogP contribution in [0.25, 0.3) is 0 Å². The van der Waals surface area contributed by atoms with Crippen molar-refractivity contribution >= 4 is 21.6 Å². The zero-order valence-corrected chi connectivity index (χ0v) is 11.6. The first kappa shape index (κ1) is 14.2. The second kappa shape index (κ2) is 4.10. The number of hydroxylamine groups is 2. The van der Waals surface area contributed by atoms with Gasteiger partial charge in [0.15, 0.2) is 0 Å². The van der Waals surface area contributed by atoms with Crippen molar-refractivity contribution in [3.8, 4) is 0 Å². The Morgan fingerprint density at radius 3 is 2.25 bits per heavy atom. The van der Waals surface area contributed by atoms with Gasteiger partial charge >= 0.3 is 0 Å². The van der Waals surface area contributed by atoms with Gasteiger partial charge in [0.2, 0.25) is 10.0 Å². The van der Waals surface area contributed by atoms with Gasteiger partial charge in [-0.05, 0) is 34.1 Å². The Kier molecular flexibility index (Phi) is 3.63. The van der Waals surface area contributed by atoms with E-state index in [1.807, 2.05) is 13.8 Å². The molecule has 0 amide bonds. The Bertz CT molecular complexity index is 367. The normalized spacial score (nSPS) is 29.5. The molecule has 0 spiro atoms. The van der Waals surface area contributed by atoms with Crippen molar-refractivity contribution < 1.29 is 13.6 Å². The maximum absolute atomic E-state index is 11.4. The van der Waals surface area contributed by atoms with E-state index in [0.717, 1.165) is 0 Å². The van der Waals surface area contributed by atoms with Crippen LogP contribution in [0.5, 0.6) is 0 Å². The van der Waals surface area contributed by atoms with E-state index in [1.54, 1.807) is 13.8 Å². The van der Waals surface area contributed by atoms with Crippen molar-refractivity contribution in [1.82, 2.24) is 9.79 Å². The molecule has 0 aromatic carbocycles. The molecule has 7 heteroatoms. The minimum atomic E-state index is -3.47. The van der Waals surface area contributed by atoms with Crippen molar-refractivity contribution in [2.45, 2.75) is 51.2 Å². The van der Waals surface area contributed by atoms with Crippen LogP contribution >= 0.6 is 11.6 Å². The molecule has 1 fully saturated rings. The first-order chi connectivity index (χ1) is 7.03. The second-order valence-electron chi connectivity index (χ2n) is 5.38. The van der Waals surface area contributed by atoms with E-state index in [9.17, 15) is 13.6 Å². The maximum Gasteiger partial charge on any atom is 0.225 e. The van der Waals surface area contributed by atoms with Crippen LogP contribution in [0.4, 0.5) is 0 Å². The number of rotatable bonds is 3. The molecule has 1 aliphatic rings. The lowest BCUT2D eigenvalue weighted by molar-refractivity contribution is -0.193. The third kappa shape index (κ3) is 2.51. The van der Waals surface area contributed by atoms with Gasteiger partial charge in [-0.15, -0.1) is 11.6 Å². The van der Waals surface area contributed by atoms with Gasteiger partial charge in [-0.2, -0.15) is 5.06 Å². The molecule has 0 aromatic rings. The molecule has 96 valence electrons. The van der Waals surface area contributed by atoms with Crippen LogP contribution in [0.15, 0.2) is 0 Å². The van der Waals surface area contributed by atoms with Crippen molar-refractivity contribution in [3.63, 3.8) is 0 Å². The van der Waals surface area contributed by atoms with Crippen molar-refractivity contribution in [2.24, 2.45) is 0 Å². The number of halogens is 1. The molecule has 1 heterocycles. The largest absolute Gasteiger partial charge is 0.313 e. The van der Waals surface area contributed by atoms with Crippen molar-refractivity contribution in [1.29, 1.82) is 0 Å². The summed E-state index contributed by atoms with van der Waals surface area (Å²) in [5.74, 6) is 0. The van der Waals surface area contributed by atoms with E-state index in [4.69, 9.17) is 11.6 Å². The summed E-state index contributed by atoms with van der Waals surface area (Å²) in [5.41, 5.74) is -1.11. The van der Waals surface area contributed by atoms with Crippen LogP contribution in [0, 0.1) is 0 Å². The molecule has 2 N–H and O–H groups in total. The highest BCUT2D eigenvalue weighted by Gasteiger charge is 2.52. The smallest absolute Gasteiger partial charge is 0.225 e. The molecule has 0 radical (unpaired) electrons. The Balaban J connectivity index is 2.93. The fourth-order valence-electron chi connectivity index (χ4n) is 2.20. The summed E-state index contributed by atoms with van der Waals surface area (Å²) in [4.78, 5) is 0. The minimum absolute atomic E-state index is 0.351. The highest BCUT2D eigenvalue weighted by molar-refractivity contribution is 7.90. The van der Waals surface area contributed by atoms with Gasteiger partial charge < -0.3 is 5.21 Å². The molecule has 0 aliphatic carbocycles. The lowest BCUT2D eigenvalue weighted by atomic mass is 9.95. The van der Waals surface area contributed by atoms with E-state index in [0.29, 0.717) is 6.42 Å². The van der Waals surface area contributed by atoms with Crippen molar-refractivity contribution in [3.05, 3.63) is 0 Å². The molecule has 0 saturated carbocycles. The minimum Gasteiger partial charge on any atom is -0.313 e. The van der Waals surface area contributed by atoms with Gasteiger partial charge in [0, 0.05) is 11.6 Å². The van der Waals surface area contributed by atoms with Crippen LogP contribution in [0.1, 0.15) is 34.1 Å². The van der Waals surface area contributed by atoms with E-state index in [-0.39, 0.29) is 6.04 Å². The molecule has 0 bridgehead atoms. The number of nitrogens with one attached hydrogen (secondary N) is 1. The van der Waals surface area contributed by atoms with Crippen LogP contribution in [-0.4, -0.2) is 41.0 Å². The molecule has 1 atom stereocenters. The first-order valence-electron chi connectivity index (χ1n) is 5.08. The van der Waals surface area contributed by atoms with E-state index in [1.165, 1.54) is 5.06 Å². The summed E-state index contributed by atoms with van der Waals surface area (Å²) in [6.45, 7) is 7.32. The number of alkyl halides is 1. The second-order valence-corrected chi connectivity index (χ2v) is 7.71. The standard InChI is InChI=1S/C9H19ClN2O3S/c1-8(2)5-7(9(3,4)12(8)13)11-16(14,15)6-10/h7,11,13H,5-6H2,1-4H3. The summed E-state index contributed by atoms with van der Waals surface area (Å²) >= 11 is 5.35. The lowest BCUT2D eigenvalue weighted by Gasteiger charge is -2.35. The molecule has 1 unspecified atom stereocenters. The molecule has 1 rings (SSSR count). The molecular formula is C9H19ClN2O3S. The Hall–Kier alpha value is 0.120. The fourth-order valence-corrected chi connectivity index (χ4v) is 3.25. The summed E-state index contributed by atoms with van der Waals surface area (Å²) in [7, 11) is -3.47. The lowest BCUT2D eigenvalue weighted by Crippen LogP contribution is -2.53. The molecule has 16 heavy (non-hydrogen) atoms. The fraction of sp³-hybridized carbons (Fsp3) is 1.00. The molecule has 1 aliphatic heterocycles. The number of sulfonamides is 1. The summed E-state index contributed by atoms with van der Waals surface area (Å²) < 4.78 is 25.4. The summed E-state index contributed by atoms with van der Waals surface area (Å²) in [6, 6.07) is -0.351. The Labute approximate surface area is 102 Å². The third-order valence-electron chi connectivity index (χ3n) is 3.14. The van der Waals surface area contributed by atoms with E-state index in [2.05, 4.69) is 4.72 Å². The number of hydrogen-bond acceptors (Lipinski definition) is 4. The topological polar surface area (TPSA) is 69.6 Å². The number of nitrogens with zero attached hydrogens (tertiary/aromatic N) is 1. The van der Waals surface area contributed by atoms with Crippen LogP contribution < -0.4 is 4.72 Å². The van der Waals surface area contributed by atoms with Gasteiger partial charge in [-0.25, -0.2) is 13.1 Å². The quantitative estimate of drug-likeness (QED) is 0.754. The zero-order valence-electron chi connectivity index (χ0n) is 9.99. The molecular weight excluding hydrogens is 252 g/mol. The van der Waals surface area contributed by atoms with E-state index < -0.39 is 26.3 Å². The van der Waals surface area contributed by atoms with Gasteiger partial charge in [0.1, 0.15) is 5.21 Å². The van der Waals surface area contributed by atoms with Crippen molar-refractivity contribution in [2.75, 3.05) is 5.21 Å². The highest BCUT2D eigenvalue weighted by atomic mass is 35.5. The Morgan fingerprint density at radius 2 is 1.94 bits per heavy atom. The van der Waals surface area contributed by atoms with Crippen LogP contribution in [0.2, 0.25) is 0 Å². The average molecular weight is 271 g/mol. The first-order valence-corrected chi connectivity index (χ1v) is 7.27. The predicted molar refractivity (Wildman–Crippen MR) is 63.0 cm³/mol. The summed E-state index contributed by atoms with van der Waals surface area (Å²) in [5, 5.41) is 10.7. The average Bonchev–Trinajstić information content (AvgIpc) is 2.27. The SMILES string of the molecule is CC1(C)CC(NS(=O)(=O)CCl)C(C)(C)N1O. The maximum atomic E-state index is 11.4. The highest BCUT2D eigenvalue weighted by Crippen LogP contribution is 2.39. The molecule has 0 aromatic heterocycles. The summed E-state index contributed by atoms with van der Waals surface area (Å²) in [6.07, 6.45) is 0.534. The van der Waals surface area contributed by atoms with Gasteiger partial charge in [-0.3, -0.25) is 0 Å². The van der Waals surface area contributed by atoms with Gasteiger partial charge in [0.05, 0.1) is 5.54 Å².